The Hall–Kier alpha value is -2.29. The Morgan fingerprint density at radius 3 is 2.56 bits per heavy atom. The summed E-state index contributed by atoms with van der Waals surface area (Å²) in [4.78, 5) is 13.1. The first-order valence-corrected chi connectivity index (χ1v) is 12.8. The average Bonchev–Trinajstić information content (AvgIpc) is 2.78. The Morgan fingerprint density at radius 2 is 1.85 bits per heavy atom. The van der Waals surface area contributed by atoms with E-state index in [0.29, 0.717) is 10.6 Å². The van der Waals surface area contributed by atoms with Gasteiger partial charge in [-0.2, -0.15) is 17.4 Å². The van der Waals surface area contributed by atoms with Crippen LogP contribution < -0.4 is 4.72 Å². The molecule has 1 fully saturated rings. The lowest BCUT2D eigenvalue weighted by molar-refractivity contribution is -0.122. The molecule has 178 valence electrons. The number of hydrogen-bond acceptors (Lipinski definition) is 3. The van der Waals surface area contributed by atoms with Crippen molar-refractivity contribution >= 4 is 39.2 Å². The second-order valence-electron chi connectivity index (χ2n) is 8.44. The highest BCUT2D eigenvalue weighted by Crippen LogP contribution is 2.34. The first kappa shape index (κ1) is 24.8. The van der Waals surface area contributed by atoms with Crippen molar-refractivity contribution in [3.63, 3.8) is 0 Å². The Labute approximate surface area is 208 Å². The van der Waals surface area contributed by atoms with Gasteiger partial charge in [-0.25, -0.2) is 4.39 Å². The van der Waals surface area contributed by atoms with Crippen molar-refractivity contribution in [2.75, 3.05) is 7.05 Å². The van der Waals surface area contributed by atoms with Gasteiger partial charge in [-0.1, -0.05) is 59.6 Å². The lowest BCUT2D eigenvalue weighted by Gasteiger charge is -2.36. The van der Waals surface area contributed by atoms with Gasteiger partial charge in [-0.15, -0.1) is 0 Å². The van der Waals surface area contributed by atoms with Gasteiger partial charge in [0.25, 0.3) is 10.2 Å². The van der Waals surface area contributed by atoms with Gasteiger partial charge in [0.05, 0.1) is 11.1 Å². The first-order valence-electron chi connectivity index (χ1n) is 10.6. The Bertz CT molecular complexity index is 1360. The molecule has 1 aliphatic rings. The third-order valence-electron chi connectivity index (χ3n) is 6.03. The van der Waals surface area contributed by atoms with E-state index >= 15 is 0 Å². The molecule has 0 saturated carbocycles. The number of Topliss-reactive ketones (excluding diaryl/α,β-unsaturated/α-hetero) is 1. The highest BCUT2D eigenvalue weighted by molar-refractivity contribution is 7.87. The van der Waals surface area contributed by atoms with Crippen LogP contribution in [0.4, 0.5) is 4.39 Å². The summed E-state index contributed by atoms with van der Waals surface area (Å²) in [6, 6.07) is 15.8. The highest BCUT2D eigenvalue weighted by Gasteiger charge is 2.40. The molecule has 3 aromatic carbocycles. The molecular formula is C25H23Cl2FN2O3S. The van der Waals surface area contributed by atoms with Gasteiger partial charge in [0.2, 0.25) is 0 Å². The molecule has 0 radical (unpaired) electrons. The van der Waals surface area contributed by atoms with E-state index in [9.17, 15) is 17.6 Å². The molecule has 1 N–H and O–H groups in total. The molecule has 9 heteroatoms. The molecule has 4 rings (SSSR count). The number of likely N-dealkylation sites (N-methyl/N-ethyl adjacent to an activating group) is 1. The summed E-state index contributed by atoms with van der Waals surface area (Å²) < 4.78 is 42.9. The van der Waals surface area contributed by atoms with Crippen LogP contribution in [0.5, 0.6) is 0 Å². The molecule has 0 amide bonds. The largest absolute Gasteiger partial charge is 0.298 e. The van der Waals surface area contributed by atoms with Crippen molar-refractivity contribution in [2.45, 2.75) is 31.8 Å². The summed E-state index contributed by atoms with van der Waals surface area (Å²) in [5.41, 5.74) is 3.98. The molecule has 0 aromatic heterocycles. The van der Waals surface area contributed by atoms with Gasteiger partial charge < -0.3 is 0 Å². The lowest BCUT2D eigenvalue weighted by Crippen LogP contribution is -2.55. The molecule has 2 unspecified atom stereocenters. The predicted octanol–water partition coefficient (Wildman–Crippen LogP) is 5.50. The molecule has 0 aliphatic carbocycles. The number of hydrogen-bond donors (Lipinski definition) is 1. The minimum absolute atomic E-state index is 0.0593. The second kappa shape index (κ2) is 9.76. The van der Waals surface area contributed by atoms with Gasteiger partial charge in [0, 0.05) is 30.1 Å². The molecule has 2 atom stereocenters. The van der Waals surface area contributed by atoms with Gasteiger partial charge >= 0.3 is 0 Å². The van der Waals surface area contributed by atoms with Crippen molar-refractivity contribution in [1.82, 2.24) is 9.03 Å². The third-order valence-corrected chi connectivity index (χ3v) is 8.22. The van der Waals surface area contributed by atoms with E-state index in [-0.39, 0.29) is 23.6 Å². The number of carbonyl (C=O) groups is 1. The summed E-state index contributed by atoms with van der Waals surface area (Å²) in [6.45, 7) is 1.95. The van der Waals surface area contributed by atoms with Crippen molar-refractivity contribution in [2.24, 2.45) is 0 Å². The van der Waals surface area contributed by atoms with Crippen molar-refractivity contribution in [1.29, 1.82) is 0 Å². The van der Waals surface area contributed by atoms with Crippen LogP contribution in [0.15, 0.2) is 60.7 Å². The van der Waals surface area contributed by atoms with Gasteiger partial charge in [0.15, 0.2) is 5.78 Å². The SMILES string of the molecule is Cc1ccc(-c2cccc(C3CC(C(=O)Cc4ccc(F)c(Cl)c4)N(C)S(=O)(=O)N3)c2)c(Cl)c1. The smallest absolute Gasteiger partial charge is 0.280 e. The zero-order valence-electron chi connectivity index (χ0n) is 18.6. The number of ketones is 1. The van der Waals surface area contributed by atoms with E-state index in [1.807, 2.05) is 49.4 Å². The van der Waals surface area contributed by atoms with Crippen LogP contribution in [0.3, 0.4) is 0 Å². The fourth-order valence-electron chi connectivity index (χ4n) is 4.13. The minimum Gasteiger partial charge on any atom is -0.298 e. The first-order chi connectivity index (χ1) is 16.0. The summed E-state index contributed by atoms with van der Waals surface area (Å²) >= 11 is 12.3. The maximum absolute atomic E-state index is 13.5. The maximum Gasteiger partial charge on any atom is 0.280 e. The van der Waals surface area contributed by atoms with E-state index in [1.54, 1.807) is 0 Å². The van der Waals surface area contributed by atoms with Gasteiger partial charge in [-0.3, -0.25) is 4.79 Å². The summed E-state index contributed by atoms with van der Waals surface area (Å²) in [7, 11) is -2.52. The summed E-state index contributed by atoms with van der Waals surface area (Å²) in [6.07, 6.45) is 0.185. The number of nitrogens with one attached hydrogen (secondary N) is 1. The number of rotatable bonds is 5. The number of nitrogens with zero attached hydrogens (tertiary/aromatic N) is 1. The quantitative estimate of drug-likeness (QED) is 0.482. The zero-order valence-corrected chi connectivity index (χ0v) is 20.9. The normalized spacial score (nSPS) is 20.3. The van der Waals surface area contributed by atoms with Crippen LogP contribution in [0.2, 0.25) is 10.0 Å². The van der Waals surface area contributed by atoms with Crippen LogP contribution in [-0.2, 0) is 21.4 Å². The zero-order chi connectivity index (χ0) is 24.6. The standard InChI is InChI=1S/C25H23Cl2FN2O3S/c1-15-6-8-19(20(26)10-15)17-4-3-5-18(13-17)23-14-24(30(2)34(32,33)29-23)25(31)12-16-7-9-22(28)21(27)11-16/h3-11,13,23-24,29H,12,14H2,1-2H3. The fraction of sp³-hybridized carbons (Fsp3) is 0.240. The lowest BCUT2D eigenvalue weighted by atomic mass is 9.93. The molecule has 1 aliphatic heterocycles. The molecule has 34 heavy (non-hydrogen) atoms. The van der Waals surface area contributed by atoms with Crippen LogP contribution in [0, 0.1) is 12.7 Å². The average molecular weight is 521 g/mol. The summed E-state index contributed by atoms with van der Waals surface area (Å²) in [5, 5.41) is 0.521. The molecule has 1 saturated heterocycles. The van der Waals surface area contributed by atoms with Crippen molar-refractivity contribution < 1.29 is 17.6 Å². The molecule has 0 bridgehead atoms. The Balaban J connectivity index is 1.62. The maximum atomic E-state index is 13.5. The Kier molecular flexibility index (Phi) is 7.12. The molecule has 5 nitrogen and oxygen atoms in total. The van der Waals surface area contributed by atoms with Gasteiger partial charge in [-0.05, 0) is 59.9 Å². The predicted molar refractivity (Wildman–Crippen MR) is 133 cm³/mol. The van der Waals surface area contributed by atoms with E-state index in [1.165, 1.54) is 25.2 Å². The minimum atomic E-state index is -3.90. The number of aryl methyl sites for hydroxylation is 1. The van der Waals surface area contributed by atoms with Crippen LogP contribution in [-0.4, -0.2) is 31.6 Å². The fourth-order valence-corrected chi connectivity index (χ4v) is 5.98. The van der Waals surface area contributed by atoms with Crippen molar-refractivity contribution in [3.8, 4) is 11.1 Å². The summed E-state index contributed by atoms with van der Waals surface area (Å²) in [5.74, 6) is -0.869. The van der Waals surface area contributed by atoms with Crippen LogP contribution in [0.1, 0.15) is 29.2 Å². The van der Waals surface area contributed by atoms with E-state index < -0.39 is 28.1 Å². The number of benzene rings is 3. The van der Waals surface area contributed by atoms with Crippen molar-refractivity contribution in [3.05, 3.63) is 93.2 Å². The number of carbonyl (C=O) groups excluding carboxylic acids is 1. The van der Waals surface area contributed by atoms with Gasteiger partial charge in [0.1, 0.15) is 5.82 Å². The molecule has 1 heterocycles. The van der Waals surface area contributed by atoms with Crippen LogP contribution >= 0.6 is 23.2 Å². The number of halogens is 3. The van der Waals surface area contributed by atoms with Crippen LogP contribution in [0.25, 0.3) is 11.1 Å². The molecule has 0 spiro atoms. The monoisotopic (exact) mass is 520 g/mol. The molecule has 3 aromatic rings. The second-order valence-corrected chi connectivity index (χ2v) is 11.0. The third kappa shape index (κ3) is 5.19. The molecular weight excluding hydrogens is 498 g/mol. The topological polar surface area (TPSA) is 66.5 Å². The van der Waals surface area contributed by atoms with E-state index in [2.05, 4.69) is 4.72 Å². The highest BCUT2D eigenvalue weighted by atomic mass is 35.5. The Morgan fingerprint density at radius 1 is 1.09 bits per heavy atom. The van der Waals surface area contributed by atoms with E-state index in [4.69, 9.17) is 23.2 Å². The van der Waals surface area contributed by atoms with E-state index in [0.717, 1.165) is 26.6 Å².